The number of allylic oxidation sites excluding steroid dienone is 1. The van der Waals surface area contributed by atoms with Gasteiger partial charge in [-0.1, -0.05) is 24.3 Å². The molecule has 1 aliphatic heterocycles. The molecule has 1 saturated heterocycles. The fraction of sp³-hybridized carbons (Fsp3) is 0.176. The van der Waals surface area contributed by atoms with Crippen LogP contribution in [0.5, 0.6) is 0 Å². The number of imide groups is 1. The minimum absolute atomic E-state index is 0.332. The molecule has 5 heteroatoms. The second kappa shape index (κ2) is 5.59. The van der Waals surface area contributed by atoms with Crippen LogP contribution in [0.4, 0.5) is 4.79 Å². The Kier molecular flexibility index (Phi) is 3.76. The molecule has 0 aliphatic carbocycles. The maximum absolute atomic E-state index is 11.7. The first-order chi connectivity index (χ1) is 10.5. The van der Waals surface area contributed by atoms with Crippen LogP contribution in [0.1, 0.15) is 31.1 Å². The van der Waals surface area contributed by atoms with Crippen molar-refractivity contribution in [2.24, 2.45) is 0 Å². The number of amides is 2. The molecule has 0 bridgehead atoms. The lowest BCUT2D eigenvalue weighted by Gasteiger charge is -2.09. The van der Waals surface area contributed by atoms with Gasteiger partial charge >= 0.3 is 0 Å². The van der Waals surface area contributed by atoms with E-state index < -0.39 is 6.10 Å². The van der Waals surface area contributed by atoms with Crippen LogP contribution in [0.15, 0.2) is 41.3 Å². The SMILES string of the molecule is C/C(=C1/SC(=O)NC1=O)c1ccc2cc(C(C)O)ccc2c1. The minimum Gasteiger partial charge on any atom is -0.389 e. The maximum atomic E-state index is 11.7. The van der Waals surface area contributed by atoms with E-state index in [9.17, 15) is 14.7 Å². The highest BCUT2D eigenvalue weighted by Gasteiger charge is 2.27. The van der Waals surface area contributed by atoms with Gasteiger partial charge in [-0.3, -0.25) is 14.9 Å². The van der Waals surface area contributed by atoms with E-state index in [0.717, 1.165) is 39.2 Å². The zero-order chi connectivity index (χ0) is 15.9. The molecule has 0 saturated carbocycles. The molecule has 2 aromatic carbocycles. The van der Waals surface area contributed by atoms with Crippen LogP contribution in [0, 0.1) is 0 Å². The highest BCUT2D eigenvalue weighted by molar-refractivity contribution is 8.18. The fourth-order valence-corrected chi connectivity index (χ4v) is 3.19. The molecule has 4 nitrogen and oxygen atoms in total. The summed E-state index contributed by atoms with van der Waals surface area (Å²) in [5.41, 5.74) is 2.56. The largest absolute Gasteiger partial charge is 0.389 e. The summed E-state index contributed by atoms with van der Waals surface area (Å²) in [5, 5.41) is 13.6. The molecule has 0 radical (unpaired) electrons. The van der Waals surface area contributed by atoms with E-state index >= 15 is 0 Å². The Morgan fingerprint density at radius 3 is 2.45 bits per heavy atom. The summed E-state index contributed by atoms with van der Waals surface area (Å²) in [7, 11) is 0. The van der Waals surface area contributed by atoms with Gasteiger partial charge in [0.25, 0.3) is 11.1 Å². The van der Waals surface area contributed by atoms with E-state index in [1.165, 1.54) is 0 Å². The summed E-state index contributed by atoms with van der Waals surface area (Å²) < 4.78 is 0. The predicted octanol–water partition coefficient (Wildman–Crippen LogP) is 3.61. The van der Waals surface area contributed by atoms with Gasteiger partial charge in [0, 0.05) is 0 Å². The molecule has 1 fully saturated rings. The van der Waals surface area contributed by atoms with Crippen molar-refractivity contribution >= 4 is 39.3 Å². The zero-order valence-electron chi connectivity index (χ0n) is 12.2. The highest BCUT2D eigenvalue weighted by Crippen LogP contribution is 2.32. The third-order valence-electron chi connectivity index (χ3n) is 3.74. The van der Waals surface area contributed by atoms with Gasteiger partial charge in [-0.25, -0.2) is 0 Å². The molecule has 0 spiro atoms. The topological polar surface area (TPSA) is 66.4 Å². The van der Waals surface area contributed by atoms with Gasteiger partial charge in [-0.2, -0.15) is 0 Å². The van der Waals surface area contributed by atoms with Crippen LogP contribution < -0.4 is 5.32 Å². The molecule has 0 aromatic heterocycles. The first-order valence-corrected chi connectivity index (χ1v) is 7.73. The van der Waals surface area contributed by atoms with Crippen LogP contribution in [-0.4, -0.2) is 16.3 Å². The van der Waals surface area contributed by atoms with E-state index in [4.69, 9.17) is 0 Å². The van der Waals surface area contributed by atoms with Crippen LogP contribution in [-0.2, 0) is 4.79 Å². The fourth-order valence-electron chi connectivity index (χ4n) is 2.45. The maximum Gasteiger partial charge on any atom is 0.290 e. The van der Waals surface area contributed by atoms with E-state index in [1.807, 2.05) is 43.3 Å². The number of thioether (sulfide) groups is 1. The van der Waals surface area contributed by atoms with E-state index in [2.05, 4.69) is 5.32 Å². The monoisotopic (exact) mass is 313 g/mol. The molecule has 2 N–H and O–H groups in total. The van der Waals surface area contributed by atoms with Crippen LogP contribution in [0.3, 0.4) is 0 Å². The molecule has 1 unspecified atom stereocenters. The average Bonchev–Trinajstić information content (AvgIpc) is 2.84. The van der Waals surface area contributed by atoms with Gasteiger partial charge in [0.2, 0.25) is 0 Å². The summed E-state index contributed by atoms with van der Waals surface area (Å²) in [4.78, 5) is 23.5. The number of hydrogen-bond acceptors (Lipinski definition) is 4. The van der Waals surface area contributed by atoms with Crippen LogP contribution in [0.25, 0.3) is 16.3 Å². The lowest BCUT2D eigenvalue weighted by atomic mass is 9.99. The summed E-state index contributed by atoms with van der Waals surface area (Å²) >= 11 is 0.935. The zero-order valence-corrected chi connectivity index (χ0v) is 13.0. The van der Waals surface area contributed by atoms with Gasteiger partial charge in [-0.15, -0.1) is 0 Å². The van der Waals surface area contributed by atoms with Gasteiger partial charge in [0.1, 0.15) is 0 Å². The Balaban J connectivity index is 2.06. The number of fused-ring (bicyclic) bond motifs is 1. The summed E-state index contributed by atoms with van der Waals surface area (Å²) in [6, 6.07) is 11.7. The molecule has 3 rings (SSSR count). The summed E-state index contributed by atoms with van der Waals surface area (Å²) in [5.74, 6) is -0.336. The number of nitrogens with one attached hydrogen (secondary N) is 1. The predicted molar refractivity (Wildman–Crippen MR) is 88.3 cm³/mol. The van der Waals surface area contributed by atoms with Crippen molar-refractivity contribution < 1.29 is 14.7 Å². The Bertz CT molecular complexity index is 824. The average molecular weight is 313 g/mol. The van der Waals surface area contributed by atoms with Crippen molar-refractivity contribution in [3.63, 3.8) is 0 Å². The number of aliphatic hydroxyl groups is 1. The van der Waals surface area contributed by atoms with E-state index in [-0.39, 0.29) is 11.1 Å². The molecule has 2 amide bonds. The lowest BCUT2D eigenvalue weighted by Crippen LogP contribution is -2.18. The van der Waals surface area contributed by atoms with Crippen molar-refractivity contribution in [3.05, 3.63) is 52.4 Å². The van der Waals surface area contributed by atoms with Crippen molar-refractivity contribution in [3.8, 4) is 0 Å². The van der Waals surface area contributed by atoms with Gasteiger partial charge in [0.15, 0.2) is 0 Å². The molecule has 1 atom stereocenters. The van der Waals surface area contributed by atoms with Crippen LogP contribution in [0.2, 0.25) is 0 Å². The first-order valence-electron chi connectivity index (χ1n) is 6.92. The molecular formula is C17H15NO3S. The highest BCUT2D eigenvalue weighted by atomic mass is 32.2. The minimum atomic E-state index is -0.502. The smallest absolute Gasteiger partial charge is 0.290 e. The number of carbonyl (C=O) groups is 2. The quantitative estimate of drug-likeness (QED) is 0.831. The van der Waals surface area contributed by atoms with Crippen molar-refractivity contribution in [1.29, 1.82) is 0 Å². The first kappa shape index (κ1) is 14.8. The normalized spacial score (nSPS) is 18.5. The number of rotatable bonds is 2. The molecular weight excluding hydrogens is 298 g/mol. The lowest BCUT2D eigenvalue weighted by molar-refractivity contribution is -0.115. The number of aliphatic hydroxyl groups excluding tert-OH is 1. The third-order valence-corrected chi connectivity index (χ3v) is 4.72. The summed E-state index contributed by atoms with van der Waals surface area (Å²) in [6.07, 6.45) is -0.502. The second-order valence-electron chi connectivity index (χ2n) is 5.30. The van der Waals surface area contributed by atoms with Crippen LogP contribution >= 0.6 is 11.8 Å². The third kappa shape index (κ3) is 2.65. The Labute approximate surface area is 132 Å². The van der Waals surface area contributed by atoms with Crippen molar-refractivity contribution in [2.75, 3.05) is 0 Å². The van der Waals surface area contributed by atoms with Gasteiger partial charge < -0.3 is 5.11 Å². The molecule has 1 heterocycles. The van der Waals surface area contributed by atoms with E-state index in [0.29, 0.717) is 4.91 Å². The number of hydrogen-bond donors (Lipinski definition) is 2. The Morgan fingerprint density at radius 1 is 1.14 bits per heavy atom. The van der Waals surface area contributed by atoms with Gasteiger partial charge in [-0.05, 0) is 65.2 Å². The number of benzene rings is 2. The standard InChI is InChI=1S/C17H15NO3S/c1-9(15-16(20)18-17(21)22-15)11-3-5-14-8-12(10(2)19)4-6-13(14)7-11/h3-8,10,19H,1-2H3,(H,18,20,21)/b15-9-. The Morgan fingerprint density at radius 2 is 1.82 bits per heavy atom. The van der Waals surface area contributed by atoms with E-state index in [1.54, 1.807) is 6.92 Å². The molecule has 1 aliphatic rings. The number of carbonyl (C=O) groups excluding carboxylic acids is 2. The molecule has 22 heavy (non-hydrogen) atoms. The van der Waals surface area contributed by atoms with Gasteiger partial charge in [0.05, 0.1) is 11.0 Å². The Hall–Kier alpha value is -2.11. The molecule has 112 valence electrons. The van der Waals surface area contributed by atoms with Crippen molar-refractivity contribution in [2.45, 2.75) is 20.0 Å². The summed E-state index contributed by atoms with van der Waals surface area (Å²) in [6.45, 7) is 3.57. The second-order valence-corrected chi connectivity index (χ2v) is 6.28. The van der Waals surface area contributed by atoms with Crippen molar-refractivity contribution in [1.82, 2.24) is 5.32 Å². The molecule has 2 aromatic rings.